The van der Waals surface area contributed by atoms with Crippen LogP contribution < -0.4 is 4.90 Å². The minimum atomic E-state index is -5.11. The Bertz CT molecular complexity index is 1520. The minimum Gasteiger partial charge on any atom is -0.330 e. The molecule has 4 aromatic rings. The largest absolute Gasteiger partial charge is 0.416 e. The van der Waals surface area contributed by atoms with Gasteiger partial charge in [-0.3, -0.25) is 0 Å². The quantitative estimate of drug-likeness (QED) is 0.217. The van der Waals surface area contributed by atoms with Gasteiger partial charge in [-0.05, 0) is 82.4 Å². The predicted octanol–water partition coefficient (Wildman–Crippen LogP) is 7.59. The van der Waals surface area contributed by atoms with E-state index in [0.29, 0.717) is 23.3 Å². The first kappa shape index (κ1) is 29.8. The Morgan fingerprint density at radius 2 is 1.29 bits per heavy atom. The summed E-state index contributed by atoms with van der Waals surface area (Å²) >= 11 is 0. The molecular weight excluding hydrogens is 572 g/mol. The zero-order chi connectivity index (χ0) is 30.3. The SMILES string of the molecule is Cc1cc(F)ccc1-c1ccc(C(F)(F)F)cc1CN(Cc1cc(C(F)(F)F)cc(C(F)(F)F)c1)c1nnn(C)n1. The molecule has 41 heavy (non-hydrogen) atoms. The molecule has 15 heteroatoms. The van der Waals surface area contributed by atoms with E-state index in [9.17, 15) is 43.9 Å². The summed E-state index contributed by atoms with van der Waals surface area (Å²) in [6.45, 7) is 0.388. The van der Waals surface area contributed by atoms with Gasteiger partial charge in [-0.2, -0.15) is 44.3 Å². The number of anilines is 1. The number of hydrogen-bond acceptors (Lipinski definition) is 4. The Hall–Kier alpha value is -4.17. The van der Waals surface area contributed by atoms with Crippen LogP contribution in [0.15, 0.2) is 54.6 Å². The number of hydrogen-bond donors (Lipinski definition) is 0. The van der Waals surface area contributed by atoms with Crippen molar-refractivity contribution in [3.8, 4) is 11.1 Å². The molecule has 218 valence electrons. The van der Waals surface area contributed by atoms with Crippen LogP contribution in [-0.4, -0.2) is 20.2 Å². The van der Waals surface area contributed by atoms with Crippen molar-refractivity contribution in [3.05, 3.63) is 93.8 Å². The van der Waals surface area contributed by atoms with Crippen molar-refractivity contribution in [1.29, 1.82) is 0 Å². The molecule has 0 N–H and O–H groups in total. The lowest BCUT2D eigenvalue weighted by Gasteiger charge is -2.24. The molecule has 0 fully saturated rings. The summed E-state index contributed by atoms with van der Waals surface area (Å²) in [4.78, 5) is 2.06. The van der Waals surface area contributed by atoms with E-state index in [4.69, 9.17) is 0 Å². The standard InChI is InChI=1S/C26H19F10N5/c1-14-7-20(27)4-6-21(14)22-5-3-17(24(28,29)30)10-16(22)13-41(23-37-39-40(2)38-23)12-15-8-18(25(31,32)33)11-19(9-15)26(34,35)36/h3-11H,12-13H2,1-2H3. The van der Waals surface area contributed by atoms with Crippen LogP contribution in [0, 0.1) is 12.7 Å². The molecule has 4 rings (SSSR count). The zero-order valence-electron chi connectivity index (χ0n) is 21.1. The van der Waals surface area contributed by atoms with Crippen molar-refractivity contribution in [3.63, 3.8) is 0 Å². The van der Waals surface area contributed by atoms with Crippen molar-refractivity contribution in [2.24, 2.45) is 7.05 Å². The lowest BCUT2D eigenvalue weighted by Crippen LogP contribution is -2.25. The molecular formula is C26H19F10N5. The van der Waals surface area contributed by atoms with Gasteiger partial charge < -0.3 is 4.90 Å². The molecule has 0 aliphatic rings. The van der Waals surface area contributed by atoms with Crippen molar-refractivity contribution < 1.29 is 43.9 Å². The van der Waals surface area contributed by atoms with E-state index in [2.05, 4.69) is 15.4 Å². The maximum Gasteiger partial charge on any atom is 0.416 e. The number of tetrazole rings is 1. The molecule has 1 aromatic heterocycles. The fraction of sp³-hybridized carbons (Fsp3) is 0.269. The molecule has 0 atom stereocenters. The molecule has 0 bridgehead atoms. The van der Waals surface area contributed by atoms with E-state index in [1.807, 2.05) is 0 Å². The van der Waals surface area contributed by atoms with E-state index in [1.165, 1.54) is 26.1 Å². The highest BCUT2D eigenvalue weighted by Gasteiger charge is 2.37. The first-order valence-electron chi connectivity index (χ1n) is 11.7. The fourth-order valence-corrected chi connectivity index (χ4v) is 4.23. The van der Waals surface area contributed by atoms with Gasteiger partial charge in [0.1, 0.15) is 5.82 Å². The molecule has 5 nitrogen and oxygen atoms in total. The van der Waals surface area contributed by atoms with Crippen LogP contribution in [0.25, 0.3) is 11.1 Å². The Labute approximate surface area is 226 Å². The normalized spacial score (nSPS) is 12.6. The number of aromatic nitrogens is 4. The molecule has 0 aliphatic heterocycles. The second-order valence-corrected chi connectivity index (χ2v) is 9.18. The summed E-state index contributed by atoms with van der Waals surface area (Å²) < 4.78 is 135. The van der Waals surface area contributed by atoms with Gasteiger partial charge in [0.05, 0.1) is 23.7 Å². The van der Waals surface area contributed by atoms with Gasteiger partial charge in [-0.25, -0.2) is 4.39 Å². The van der Waals surface area contributed by atoms with Crippen LogP contribution in [-0.2, 0) is 38.7 Å². The van der Waals surface area contributed by atoms with Crippen LogP contribution in [0.3, 0.4) is 0 Å². The predicted molar refractivity (Wildman–Crippen MR) is 127 cm³/mol. The van der Waals surface area contributed by atoms with E-state index in [-0.39, 0.29) is 23.1 Å². The Balaban J connectivity index is 1.86. The summed E-state index contributed by atoms with van der Waals surface area (Å²) in [7, 11) is 1.35. The molecule has 0 saturated heterocycles. The maximum atomic E-state index is 13.8. The van der Waals surface area contributed by atoms with Gasteiger partial charge >= 0.3 is 18.5 Å². The smallest absolute Gasteiger partial charge is 0.330 e. The third-order valence-electron chi connectivity index (χ3n) is 6.07. The molecule has 0 amide bonds. The summed E-state index contributed by atoms with van der Waals surface area (Å²) in [6.07, 6.45) is -15.0. The number of aryl methyl sites for hydroxylation is 2. The van der Waals surface area contributed by atoms with Crippen molar-refractivity contribution >= 4 is 5.95 Å². The van der Waals surface area contributed by atoms with Crippen molar-refractivity contribution in [1.82, 2.24) is 20.2 Å². The molecule has 0 unspecified atom stereocenters. The number of rotatable bonds is 6. The van der Waals surface area contributed by atoms with Gasteiger partial charge in [0.2, 0.25) is 0 Å². The highest BCUT2D eigenvalue weighted by Crippen LogP contribution is 2.38. The van der Waals surface area contributed by atoms with Gasteiger partial charge in [0, 0.05) is 13.1 Å². The maximum absolute atomic E-state index is 13.8. The van der Waals surface area contributed by atoms with Gasteiger partial charge in [0.15, 0.2) is 0 Å². The first-order chi connectivity index (χ1) is 18.9. The molecule has 0 saturated carbocycles. The molecule has 0 aliphatic carbocycles. The Morgan fingerprint density at radius 1 is 0.707 bits per heavy atom. The van der Waals surface area contributed by atoms with E-state index in [0.717, 1.165) is 34.0 Å². The summed E-state index contributed by atoms with van der Waals surface area (Å²) in [5.74, 6) is -0.854. The Morgan fingerprint density at radius 3 is 1.80 bits per heavy atom. The monoisotopic (exact) mass is 591 g/mol. The first-order valence-corrected chi connectivity index (χ1v) is 11.7. The topological polar surface area (TPSA) is 46.8 Å². The number of nitrogens with zero attached hydrogens (tertiary/aromatic N) is 5. The van der Waals surface area contributed by atoms with Crippen LogP contribution in [0.4, 0.5) is 49.9 Å². The highest BCUT2D eigenvalue weighted by molar-refractivity contribution is 5.71. The summed E-state index contributed by atoms with van der Waals surface area (Å²) in [5.41, 5.74) is -3.68. The third-order valence-corrected chi connectivity index (χ3v) is 6.07. The van der Waals surface area contributed by atoms with E-state index in [1.54, 1.807) is 0 Å². The summed E-state index contributed by atoms with van der Waals surface area (Å²) in [6, 6.07) is 7.38. The molecule has 0 radical (unpaired) electrons. The summed E-state index contributed by atoms with van der Waals surface area (Å²) in [5, 5.41) is 11.3. The highest BCUT2D eigenvalue weighted by atomic mass is 19.4. The molecule has 3 aromatic carbocycles. The number of alkyl halides is 9. The fourth-order valence-electron chi connectivity index (χ4n) is 4.23. The van der Waals surface area contributed by atoms with Crippen LogP contribution in [0.1, 0.15) is 33.4 Å². The van der Waals surface area contributed by atoms with E-state index < -0.39 is 59.7 Å². The average molecular weight is 591 g/mol. The second kappa shape index (κ2) is 10.7. The van der Waals surface area contributed by atoms with Crippen LogP contribution in [0.5, 0.6) is 0 Å². The minimum absolute atomic E-state index is 0.0231. The van der Waals surface area contributed by atoms with Crippen molar-refractivity contribution in [2.75, 3.05) is 4.90 Å². The third kappa shape index (κ3) is 6.95. The number of benzene rings is 3. The van der Waals surface area contributed by atoms with Crippen LogP contribution in [0.2, 0.25) is 0 Å². The molecule has 0 spiro atoms. The second-order valence-electron chi connectivity index (χ2n) is 9.18. The van der Waals surface area contributed by atoms with Crippen LogP contribution >= 0.6 is 0 Å². The van der Waals surface area contributed by atoms with E-state index >= 15 is 0 Å². The van der Waals surface area contributed by atoms with Crippen molar-refractivity contribution in [2.45, 2.75) is 38.5 Å². The lowest BCUT2D eigenvalue weighted by atomic mass is 9.93. The average Bonchev–Trinajstić information content (AvgIpc) is 3.28. The Kier molecular flexibility index (Phi) is 7.76. The van der Waals surface area contributed by atoms with Gasteiger partial charge in [-0.1, -0.05) is 17.2 Å². The van der Waals surface area contributed by atoms with Gasteiger partial charge in [-0.15, -0.1) is 5.10 Å². The van der Waals surface area contributed by atoms with Gasteiger partial charge in [0.25, 0.3) is 5.95 Å². The lowest BCUT2D eigenvalue weighted by molar-refractivity contribution is -0.143. The molecule has 1 heterocycles. The number of halogens is 10. The zero-order valence-corrected chi connectivity index (χ0v) is 21.1.